The SMILES string of the molecule is COc1ccc(-n2ccc(C(=O)NCCN3CC(C)OC(C)C3)n2)cc1. The Kier molecular flexibility index (Phi) is 5.90. The summed E-state index contributed by atoms with van der Waals surface area (Å²) in [6, 6.07) is 9.24. The van der Waals surface area contributed by atoms with Crippen LogP contribution in [0.2, 0.25) is 0 Å². The Labute approximate surface area is 153 Å². The number of benzene rings is 1. The molecule has 1 aromatic carbocycles. The zero-order valence-corrected chi connectivity index (χ0v) is 15.5. The molecular weight excluding hydrogens is 332 g/mol. The largest absolute Gasteiger partial charge is 0.497 e. The van der Waals surface area contributed by atoms with Crippen LogP contribution in [0, 0.1) is 0 Å². The van der Waals surface area contributed by atoms with Crippen LogP contribution >= 0.6 is 0 Å². The fourth-order valence-corrected chi connectivity index (χ4v) is 3.21. The molecule has 3 rings (SSSR count). The van der Waals surface area contributed by atoms with Gasteiger partial charge in [-0.2, -0.15) is 5.10 Å². The summed E-state index contributed by atoms with van der Waals surface area (Å²) in [5, 5.41) is 7.30. The van der Waals surface area contributed by atoms with Gasteiger partial charge in [0.2, 0.25) is 0 Å². The van der Waals surface area contributed by atoms with Gasteiger partial charge >= 0.3 is 0 Å². The first-order valence-electron chi connectivity index (χ1n) is 8.91. The molecule has 1 N–H and O–H groups in total. The smallest absolute Gasteiger partial charge is 0.271 e. The molecule has 7 nitrogen and oxygen atoms in total. The molecule has 2 aromatic rings. The maximum atomic E-state index is 12.3. The van der Waals surface area contributed by atoms with Gasteiger partial charge in [0, 0.05) is 32.4 Å². The number of morpholine rings is 1. The van der Waals surface area contributed by atoms with E-state index in [4.69, 9.17) is 9.47 Å². The van der Waals surface area contributed by atoms with Crippen molar-refractivity contribution < 1.29 is 14.3 Å². The monoisotopic (exact) mass is 358 g/mol. The highest BCUT2D eigenvalue weighted by Crippen LogP contribution is 2.14. The molecule has 1 amide bonds. The van der Waals surface area contributed by atoms with Crippen LogP contribution in [0.3, 0.4) is 0 Å². The highest BCUT2D eigenvalue weighted by Gasteiger charge is 2.21. The van der Waals surface area contributed by atoms with Gasteiger partial charge in [-0.05, 0) is 44.2 Å². The molecule has 140 valence electrons. The molecule has 26 heavy (non-hydrogen) atoms. The van der Waals surface area contributed by atoms with Gasteiger partial charge in [0.25, 0.3) is 5.91 Å². The average molecular weight is 358 g/mol. The Morgan fingerprint density at radius 2 is 1.92 bits per heavy atom. The average Bonchev–Trinajstić information content (AvgIpc) is 3.11. The van der Waals surface area contributed by atoms with Crippen LogP contribution in [-0.2, 0) is 4.74 Å². The fourth-order valence-electron chi connectivity index (χ4n) is 3.21. The molecule has 1 fully saturated rings. The van der Waals surface area contributed by atoms with Crippen LogP contribution < -0.4 is 10.1 Å². The number of aromatic nitrogens is 2. The van der Waals surface area contributed by atoms with Gasteiger partial charge in [-0.15, -0.1) is 0 Å². The number of rotatable bonds is 6. The van der Waals surface area contributed by atoms with Crippen molar-refractivity contribution in [1.29, 1.82) is 0 Å². The van der Waals surface area contributed by atoms with Crippen molar-refractivity contribution in [3.8, 4) is 11.4 Å². The third-order valence-corrected chi connectivity index (χ3v) is 4.37. The number of nitrogens with one attached hydrogen (secondary N) is 1. The third kappa shape index (κ3) is 4.62. The van der Waals surface area contributed by atoms with Gasteiger partial charge in [-0.1, -0.05) is 0 Å². The maximum absolute atomic E-state index is 12.3. The van der Waals surface area contributed by atoms with Gasteiger partial charge in [-0.3, -0.25) is 9.69 Å². The van der Waals surface area contributed by atoms with E-state index in [0.717, 1.165) is 31.1 Å². The lowest BCUT2D eigenvalue weighted by atomic mass is 10.2. The zero-order chi connectivity index (χ0) is 18.5. The molecule has 7 heteroatoms. The van der Waals surface area contributed by atoms with E-state index in [1.54, 1.807) is 24.1 Å². The van der Waals surface area contributed by atoms with E-state index >= 15 is 0 Å². The molecule has 0 radical (unpaired) electrons. The van der Waals surface area contributed by atoms with Crippen molar-refractivity contribution in [1.82, 2.24) is 20.0 Å². The van der Waals surface area contributed by atoms with Crippen LogP contribution in [0.5, 0.6) is 5.75 Å². The standard InChI is InChI=1S/C19H26N4O3/c1-14-12-22(13-15(2)26-14)11-9-20-19(24)18-8-10-23(21-18)16-4-6-17(25-3)7-5-16/h4-8,10,14-15H,9,11-13H2,1-3H3,(H,20,24). The highest BCUT2D eigenvalue weighted by molar-refractivity contribution is 5.92. The second kappa shape index (κ2) is 8.33. The second-order valence-corrected chi connectivity index (χ2v) is 6.62. The summed E-state index contributed by atoms with van der Waals surface area (Å²) in [6.07, 6.45) is 2.24. The van der Waals surface area contributed by atoms with E-state index in [0.29, 0.717) is 12.2 Å². The van der Waals surface area contributed by atoms with Crippen LogP contribution in [-0.4, -0.2) is 66.1 Å². The highest BCUT2D eigenvalue weighted by atomic mass is 16.5. The lowest BCUT2D eigenvalue weighted by Gasteiger charge is -2.35. The molecule has 2 unspecified atom stereocenters. The van der Waals surface area contributed by atoms with Crippen LogP contribution in [0.1, 0.15) is 24.3 Å². The van der Waals surface area contributed by atoms with E-state index in [9.17, 15) is 4.79 Å². The first kappa shape index (κ1) is 18.4. The summed E-state index contributed by atoms with van der Waals surface area (Å²) in [5.41, 5.74) is 1.28. The van der Waals surface area contributed by atoms with Crippen LogP contribution in [0.15, 0.2) is 36.5 Å². The van der Waals surface area contributed by atoms with E-state index in [-0.39, 0.29) is 18.1 Å². The summed E-state index contributed by atoms with van der Waals surface area (Å²) in [5.74, 6) is 0.622. The summed E-state index contributed by atoms with van der Waals surface area (Å²) in [6.45, 7) is 7.34. The van der Waals surface area contributed by atoms with Crippen molar-refractivity contribution >= 4 is 5.91 Å². The van der Waals surface area contributed by atoms with Crippen molar-refractivity contribution in [2.24, 2.45) is 0 Å². The summed E-state index contributed by atoms with van der Waals surface area (Å²) < 4.78 is 12.6. The lowest BCUT2D eigenvalue weighted by molar-refractivity contribution is -0.0672. The summed E-state index contributed by atoms with van der Waals surface area (Å²) in [4.78, 5) is 14.6. The van der Waals surface area contributed by atoms with Gasteiger partial charge < -0.3 is 14.8 Å². The number of ether oxygens (including phenoxy) is 2. The van der Waals surface area contributed by atoms with E-state index in [1.807, 2.05) is 24.3 Å². The normalized spacial score (nSPS) is 20.7. The minimum Gasteiger partial charge on any atom is -0.497 e. The number of carbonyl (C=O) groups is 1. The van der Waals surface area contributed by atoms with Crippen molar-refractivity contribution in [2.75, 3.05) is 33.3 Å². The molecule has 1 saturated heterocycles. The van der Waals surface area contributed by atoms with Crippen molar-refractivity contribution in [3.63, 3.8) is 0 Å². The minimum absolute atomic E-state index is 0.161. The van der Waals surface area contributed by atoms with Crippen LogP contribution in [0.25, 0.3) is 5.69 Å². The Hall–Kier alpha value is -2.38. The van der Waals surface area contributed by atoms with Crippen LogP contribution in [0.4, 0.5) is 0 Å². The van der Waals surface area contributed by atoms with E-state index in [1.165, 1.54) is 0 Å². The molecule has 0 saturated carbocycles. The summed E-state index contributed by atoms with van der Waals surface area (Å²) in [7, 11) is 1.63. The molecule has 2 heterocycles. The van der Waals surface area contributed by atoms with E-state index in [2.05, 4.69) is 29.2 Å². The number of hydrogen-bond donors (Lipinski definition) is 1. The van der Waals surface area contributed by atoms with Gasteiger partial charge in [0.1, 0.15) is 5.75 Å². The first-order valence-corrected chi connectivity index (χ1v) is 8.91. The van der Waals surface area contributed by atoms with Gasteiger partial charge in [0.05, 0.1) is 25.0 Å². The number of hydrogen-bond acceptors (Lipinski definition) is 5. The third-order valence-electron chi connectivity index (χ3n) is 4.37. The number of carbonyl (C=O) groups excluding carboxylic acids is 1. The predicted octanol–water partition coefficient (Wildman–Crippen LogP) is 1.72. The minimum atomic E-state index is -0.161. The van der Waals surface area contributed by atoms with Crippen molar-refractivity contribution in [3.05, 3.63) is 42.2 Å². The molecule has 0 aliphatic carbocycles. The van der Waals surface area contributed by atoms with Crippen molar-refractivity contribution in [2.45, 2.75) is 26.1 Å². The number of amides is 1. The first-order chi connectivity index (χ1) is 12.5. The molecule has 0 spiro atoms. The van der Waals surface area contributed by atoms with Gasteiger partial charge in [-0.25, -0.2) is 4.68 Å². The van der Waals surface area contributed by atoms with Gasteiger partial charge in [0.15, 0.2) is 5.69 Å². The number of nitrogens with zero attached hydrogens (tertiary/aromatic N) is 3. The molecular formula is C19H26N4O3. The fraction of sp³-hybridized carbons (Fsp3) is 0.474. The van der Waals surface area contributed by atoms with E-state index < -0.39 is 0 Å². The molecule has 0 bridgehead atoms. The topological polar surface area (TPSA) is 68.6 Å². The maximum Gasteiger partial charge on any atom is 0.271 e. The quantitative estimate of drug-likeness (QED) is 0.852. The Morgan fingerprint density at radius 1 is 1.23 bits per heavy atom. The Morgan fingerprint density at radius 3 is 2.58 bits per heavy atom. The molecule has 1 aliphatic rings. The number of methoxy groups -OCH3 is 1. The molecule has 1 aromatic heterocycles. The Balaban J connectivity index is 1.51. The Bertz CT molecular complexity index is 719. The molecule has 2 atom stereocenters. The zero-order valence-electron chi connectivity index (χ0n) is 15.5. The lowest BCUT2D eigenvalue weighted by Crippen LogP contribution is -2.47. The molecule has 1 aliphatic heterocycles. The second-order valence-electron chi connectivity index (χ2n) is 6.62. The summed E-state index contributed by atoms with van der Waals surface area (Å²) >= 11 is 0. The predicted molar refractivity (Wildman–Crippen MR) is 98.9 cm³/mol.